The minimum Gasteiger partial charge on any atom is -0.433 e. The van der Waals surface area contributed by atoms with Crippen LogP contribution in [0.25, 0.3) is 11.2 Å². The molecular formula is C21H26F2N4O4. The molecule has 168 valence electrons. The van der Waals surface area contributed by atoms with Gasteiger partial charge in [-0.15, -0.1) is 0 Å². The van der Waals surface area contributed by atoms with Gasteiger partial charge in [0, 0.05) is 40.6 Å². The van der Waals surface area contributed by atoms with E-state index in [2.05, 4.69) is 9.72 Å². The third-order valence-electron chi connectivity index (χ3n) is 4.81. The molecule has 0 atom stereocenters. The SMILES string of the molecule is CCCOCCc1nc2c(c(=O)n(C)c(=O)n2C)n1Cc1ccc(OC(C)(F)F)cc1. The summed E-state index contributed by atoms with van der Waals surface area (Å²) in [6.45, 7) is 3.99. The van der Waals surface area contributed by atoms with Crippen LogP contribution in [0.15, 0.2) is 33.9 Å². The van der Waals surface area contributed by atoms with E-state index in [9.17, 15) is 18.4 Å². The molecule has 0 aliphatic carbocycles. The lowest BCUT2D eigenvalue weighted by Gasteiger charge is -2.14. The van der Waals surface area contributed by atoms with E-state index in [-0.39, 0.29) is 12.3 Å². The van der Waals surface area contributed by atoms with Crippen molar-refractivity contribution in [1.82, 2.24) is 18.7 Å². The van der Waals surface area contributed by atoms with Crippen LogP contribution in [0.5, 0.6) is 5.75 Å². The van der Waals surface area contributed by atoms with E-state index >= 15 is 0 Å². The van der Waals surface area contributed by atoms with Crippen molar-refractivity contribution >= 4 is 11.2 Å². The van der Waals surface area contributed by atoms with Crippen LogP contribution in [0.3, 0.4) is 0 Å². The Bertz CT molecular complexity index is 1170. The van der Waals surface area contributed by atoms with Gasteiger partial charge in [-0.2, -0.15) is 8.78 Å². The minimum absolute atomic E-state index is 0.0400. The fourth-order valence-electron chi connectivity index (χ4n) is 3.32. The topological polar surface area (TPSA) is 80.3 Å². The predicted molar refractivity (Wildman–Crippen MR) is 112 cm³/mol. The van der Waals surface area contributed by atoms with Crippen molar-refractivity contribution in [2.75, 3.05) is 13.2 Å². The summed E-state index contributed by atoms with van der Waals surface area (Å²) in [6.07, 6.45) is -1.93. The maximum Gasteiger partial charge on any atom is 0.394 e. The lowest BCUT2D eigenvalue weighted by molar-refractivity contribution is -0.158. The molecular weight excluding hydrogens is 410 g/mol. The highest BCUT2D eigenvalue weighted by atomic mass is 19.3. The molecule has 0 saturated carbocycles. The average Bonchev–Trinajstić information content (AvgIpc) is 3.07. The molecule has 0 aliphatic heterocycles. The molecule has 0 radical (unpaired) electrons. The van der Waals surface area contributed by atoms with Gasteiger partial charge in [0.05, 0.1) is 6.61 Å². The number of fused-ring (bicyclic) bond motifs is 1. The monoisotopic (exact) mass is 436 g/mol. The summed E-state index contributed by atoms with van der Waals surface area (Å²) in [4.78, 5) is 29.7. The van der Waals surface area contributed by atoms with E-state index in [1.165, 1.54) is 23.7 Å². The van der Waals surface area contributed by atoms with E-state index in [0.717, 1.165) is 16.6 Å². The maximum atomic E-state index is 13.1. The molecule has 0 bridgehead atoms. The van der Waals surface area contributed by atoms with E-state index in [1.807, 2.05) is 6.92 Å². The molecule has 31 heavy (non-hydrogen) atoms. The fourth-order valence-corrected chi connectivity index (χ4v) is 3.32. The smallest absolute Gasteiger partial charge is 0.394 e. The zero-order valence-electron chi connectivity index (χ0n) is 18.0. The second-order valence-electron chi connectivity index (χ2n) is 7.41. The number of benzene rings is 1. The average molecular weight is 436 g/mol. The van der Waals surface area contributed by atoms with Crippen molar-refractivity contribution in [2.24, 2.45) is 14.1 Å². The number of halogens is 2. The van der Waals surface area contributed by atoms with Crippen LogP contribution in [0, 0.1) is 0 Å². The number of alkyl halides is 2. The Hall–Kier alpha value is -3.01. The number of hydrogen-bond acceptors (Lipinski definition) is 5. The summed E-state index contributed by atoms with van der Waals surface area (Å²) in [5.74, 6) is 0.642. The highest BCUT2D eigenvalue weighted by Gasteiger charge is 2.23. The van der Waals surface area contributed by atoms with E-state index in [0.29, 0.717) is 43.5 Å². The molecule has 0 unspecified atom stereocenters. The van der Waals surface area contributed by atoms with Gasteiger partial charge in [0.25, 0.3) is 5.56 Å². The van der Waals surface area contributed by atoms with Crippen molar-refractivity contribution in [1.29, 1.82) is 0 Å². The highest BCUT2D eigenvalue weighted by molar-refractivity contribution is 5.71. The molecule has 3 rings (SSSR count). The number of hydrogen-bond donors (Lipinski definition) is 0. The number of imidazole rings is 1. The quantitative estimate of drug-likeness (QED) is 0.482. The van der Waals surface area contributed by atoms with Gasteiger partial charge in [-0.3, -0.25) is 13.9 Å². The molecule has 1 aromatic carbocycles. The molecule has 0 amide bonds. The van der Waals surface area contributed by atoms with Gasteiger partial charge in [0.1, 0.15) is 11.6 Å². The number of ether oxygens (including phenoxy) is 2. The third-order valence-corrected chi connectivity index (χ3v) is 4.81. The molecule has 0 fully saturated rings. The largest absolute Gasteiger partial charge is 0.433 e. The fraction of sp³-hybridized carbons (Fsp3) is 0.476. The zero-order chi connectivity index (χ0) is 22.8. The van der Waals surface area contributed by atoms with Crippen LogP contribution >= 0.6 is 0 Å². The Kier molecular flexibility index (Phi) is 6.59. The number of nitrogens with zero attached hydrogens (tertiary/aromatic N) is 4. The van der Waals surface area contributed by atoms with Gasteiger partial charge in [0.2, 0.25) is 0 Å². The zero-order valence-corrected chi connectivity index (χ0v) is 18.0. The minimum atomic E-state index is -3.27. The van der Waals surface area contributed by atoms with Crippen LogP contribution in [0.4, 0.5) is 8.78 Å². The van der Waals surface area contributed by atoms with Crippen LogP contribution in [-0.2, 0) is 31.8 Å². The second-order valence-corrected chi connectivity index (χ2v) is 7.41. The van der Waals surface area contributed by atoms with Crippen molar-refractivity contribution < 1.29 is 18.3 Å². The van der Waals surface area contributed by atoms with Crippen molar-refractivity contribution in [2.45, 2.75) is 39.3 Å². The van der Waals surface area contributed by atoms with Crippen LogP contribution in [0.1, 0.15) is 31.7 Å². The highest BCUT2D eigenvalue weighted by Crippen LogP contribution is 2.22. The normalized spacial score (nSPS) is 11.9. The standard InChI is InChI=1S/C21H26F2N4O4/c1-5-11-30-12-10-16-24-18-17(19(28)26(4)20(29)25(18)3)27(16)13-14-6-8-15(9-7-14)31-21(2,22)23/h6-9H,5,10-13H2,1-4H3. The van der Waals surface area contributed by atoms with Gasteiger partial charge in [0.15, 0.2) is 11.2 Å². The first-order valence-corrected chi connectivity index (χ1v) is 10.0. The lowest BCUT2D eigenvalue weighted by Crippen LogP contribution is -2.37. The summed E-state index contributed by atoms with van der Waals surface area (Å²) < 4.78 is 40.4. The summed E-state index contributed by atoms with van der Waals surface area (Å²) in [7, 11) is 2.98. The van der Waals surface area contributed by atoms with Gasteiger partial charge < -0.3 is 14.0 Å². The van der Waals surface area contributed by atoms with Crippen LogP contribution in [-0.4, -0.2) is 38.0 Å². The Labute approximate surface area is 177 Å². The number of aromatic nitrogens is 4. The van der Waals surface area contributed by atoms with Gasteiger partial charge >= 0.3 is 11.8 Å². The molecule has 2 aromatic heterocycles. The molecule has 0 saturated heterocycles. The second kappa shape index (κ2) is 9.01. The summed E-state index contributed by atoms with van der Waals surface area (Å²) >= 11 is 0. The van der Waals surface area contributed by atoms with Gasteiger partial charge in [-0.25, -0.2) is 9.78 Å². The first-order valence-electron chi connectivity index (χ1n) is 10.0. The van der Waals surface area contributed by atoms with E-state index < -0.39 is 17.4 Å². The van der Waals surface area contributed by atoms with Gasteiger partial charge in [-0.05, 0) is 24.1 Å². The third kappa shape index (κ3) is 5.01. The van der Waals surface area contributed by atoms with E-state index in [1.54, 1.807) is 23.7 Å². The summed E-state index contributed by atoms with van der Waals surface area (Å²) in [6, 6.07) is 6.20. The Morgan fingerprint density at radius 1 is 1.06 bits per heavy atom. The molecule has 8 nitrogen and oxygen atoms in total. The lowest BCUT2D eigenvalue weighted by atomic mass is 10.2. The molecule has 10 heteroatoms. The van der Waals surface area contributed by atoms with Crippen molar-refractivity contribution in [3.63, 3.8) is 0 Å². The first-order chi connectivity index (χ1) is 14.6. The van der Waals surface area contributed by atoms with Crippen molar-refractivity contribution in [3.05, 3.63) is 56.5 Å². The molecule has 3 aromatic rings. The predicted octanol–water partition coefficient (Wildman–Crippen LogP) is 2.44. The molecule has 0 aliphatic rings. The first kappa shape index (κ1) is 22.7. The Balaban J connectivity index is 2.02. The molecule has 2 heterocycles. The van der Waals surface area contributed by atoms with Crippen LogP contribution in [0.2, 0.25) is 0 Å². The van der Waals surface area contributed by atoms with Crippen LogP contribution < -0.4 is 16.0 Å². The number of aryl methyl sites for hydroxylation is 1. The van der Waals surface area contributed by atoms with Crippen molar-refractivity contribution in [3.8, 4) is 5.75 Å². The number of rotatable bonds is 9. The summed E-state index contributed by atoms with van der Waals surface area (Å²) in [5, 5.41) is 0. The van der Waals surface area contributed by atoms with E-state index in [4.69, 9.17) is 4.74 Å². The molecule has 0 N–H and O–H groups in total. The summed E-state index contributed by atoms with van der Waals surface area (Å²) in [5.41, 5.74) is 0.451. The maximum absolute atomic E-state index is 13.1. The Morgan fingerprint density at radius 2 is 1.74 bits per heavy atom. The van der Waals surface area contributed by atoms with Gasteiger partial charge in [-0.1, -0.05) is 19.1 Å². The molecule has 0 spiro atoms. The Morgan fingerprint density at radius 3 is 2.35 bits per heavy atom.